The minimum absolute atomic E-state index is 0.0110. The number of anilines is 1. The molecular formula is C23H34N2O3S. The van der Waals surface area contributed by atoms with Gasteiger partial charge >= 0.3 is 5.97 Å². The maximum atomic E-state index is 13.0. The van der Waals surface area contributed by atoms with Gasteiger partial charge in [-0.15, -0.1) is 11.3 Å². The summed E-state index contributed by atoms with van der Waals surface area (Å²) in [5.74, 6) is -0.309. The van der Waals surface area contributed by atoms with Crippen molar-refractivity contribution >= 4 is 28.2 Å². The Balaban J connectivity index is 1.49. The maximum Gasteiger partial charge on any atom is 0.341 e. The summed E-state index contributed by atoms with van der Waals surface area (Å²) in [7, 11) is 0. The highest BCUT2D eigenvalue weighted by Gasteiger charge is 2.49. The van der Waals surface area contributed by atoms with E-state index in [0.29, 0.717) is 40.6 Å². The number of nitrogens with one attached hydrogen (secondary N) is 1. The molecule has 5 nitrogen and oxygen atoms in total. The van der Waals surface area contributed by atoms with Crippen molar-refractivity contribution < 1.29 is 14.3 Å². The van der Waals surface area contributed by atoms with Gasteiger partial charge in [0.25, 0.3) is 0 Å². The molecule has 160 valence electrons. The second kappa shape index (κ2) is 7.69. The minimum Gasteiger partial charge on any atom is -0.462 e. The SMILES string of the molecule is CCOC(=O)c1c(NC(=O)CN2C[C@@]3(C)C[C@@H]2CC(C)(C)C3)sc2c1CCCC2. The molecule has 2 bridgehead atoms. The quantitative estimate of drug-likeness (QED) is 0.708. The van der Waals surface area contributed by atoms with Crippen LogP contribution in [0.1, 0.15) is 80.6 Å². The van der Waals surface area contributed by atoms with E-state index >= 15 is 0 Å². The first-order valence-corrected chi connectivity index (χ1v) is 11.9. The van der Waals surface area contributed by atoms with E-state index in [-0.39, 0.29) is 11.9 Å². The molecule has 1 saturated carbocycles. The number of fused-ring (bicyclic) bond motifs is 3. The van der Waals surface area contributed by atoms with Crippen molar-refractivity contribution in [1.82, 2.24) is 4.90 Å². The van der Waals surface area contributed by atoms with Crippen LogP contribution in [0, 0.1) is 10.8 Å². The van der Waals surface area contributed by atoms with Crippen molar-refractivity contribution in [3.05, 3.63) is 16.0 Å². The molecule has 0 unspecified atom stereocenters. The smallest absolute Gasteiger partial charge is 0.341 e. The van der Waals surface area contributed by atoms with E-state index in [1.54, 1.807) is 11.3 Å². The Morgan fingerprint density at radius 3 is 2.72 bits per heavy atom. The van der Waals surface area contributed by atoms with Gasteiger partial charge in [-0.3, -0.25) is 9.69 Å². The lowest BCUT2D eigenvalue weighted by molar-refractivity contribution is -0.117. The molecule has 1 aromatic rings. The zero-order chi connectivity index (χ0) is 20.8. The molecule has 1 aromatic heterocycles. The Morgan fingerprint density at radius 2 is 1.97 bits per heavy atom. The van der Waals surface area contributed by atoms with Gasteiger partial charge in [0.15, 0.2) is 0 Å². The molecule has 2 heterocycles. The molecule has 1 saturated heterocycles. The fraction of sp³-hybridized carbons (Fsp3) is 0.739. The Kier molecular flexibility index (Phi) is 5.53. The molecule has 0 radical (unpaired) electrons. The van der Waals surface area contributed by atoms with Crippen LogP contribution in [0.4, 0.5) is 5.00 Å². The Hall–Kier alpha value is -1.40. The Labute approximate surface area is 178 Å². The van der Waals surface area contributed by atoms with Crippen molar-refractivity contribution in [2.45, 2.75) is 78.7 Å². The van der Waals surface area contributed by atoms with Crippen molar-refractivity contribution in [3.8, 4) is 0 Å². The van der Waals surface area contributed by atoms with Crippen molar-refractivity contribution in [2.75, 3.05) is 25.0 Å². The van der Waals surface area contributed by atoms with Gasteiger partial charge in [-0.1, -0.05) is 20.8 Å². The highest BCUT2D eigenvalue weighted by Crippen LogP contribution is 2.52. The van der Waals surface area contributed by atoms with Crippen LogP contribution >= 0.6 is 11.3 Å². The number of hydrogen-bond donors (Lipinski definition) is 1. The second-order valence-electron chi connectivity index (χ2n) is 10.3. The molecule has 29 heavy (non-hydrogen) atoms. The predicted molar refractivity (Wildman–Crippen MR) is 117 cm³/mol. The zero-order valence-corrected chi connectivity index (χ0v) is 19.0. The van der Waals surface area contributed by atoms with E-state index in [9.17, 15) is 9.59 Å². The molecule has 1 N–H and O–H groups in total. The molecule has 4 rings (SSSR count). The van der Waals surface area contributed by atoms with Crippen LogP contribution in [0.5, 0.6) is 0 Å². The normalized spacial score (nSPS) is 28.1. The van der Waals surface area contributed by atoms with Crippen LogP contribution in [0.25, 0.3) is 0 Å². The Morgan fingerprint density at radius 1 is 1.21 bits per heavy atom. The number of carbonyl (C=O) groups is 2. The van der Waals surface area contributed by atoms with Gasteiger partial charge in [-0.05, 0) is 68.3 Å². The summed E-state index contributed by atoms with van der Waals surface area (Å²) in [5, 5.41) is 3.77. The van der Waals surface area contributed by atoms with E-state index < -0.39 is 0 Å². The number of rotatable bonds is 5. The fourth-order valence-corrected chi connectivity index (χ4v) is 7.48. The maximum absolute atomic E-state index is 13.0. The third kappa shape index (κ3) is 4.24. The van der Waals surface area contributed by atoms with E-state index in [4.69, 9.17) is 4.74 Å². The molecule has 3 aliphatic rings. The van der Waals surface area contributed by atoms with Gasteiger partial charge in [0.05, 0.1) is 18.7 Å². The number of thiophene rings is 1. The number of carbonyl (C=O) groups excluding carboxylic acids is 2. The van der Waals surface area contributed by atoms with Gasteiger partial charge in [-0.25, -0.2) is 4.79 Å². The number of nitrogens with zero attached hydrogens (tertiary/aromatic N) is 1. The van der Waals surface area contributed by atoms with Crippen LogP contribution < -0.4 is 5.32 Å². The van der Waals surface area contributed by atoms with Gasteiger partial charge in [0.1, 0.15) is 5.00 Å². The third-order valence-corrected chi connectivity index (χ3v) is 7.98. The van der Waals surface area contributed by atoms with E-state index in [1.165, 1.54) is 17.7 Å². The lowest BCUT2D eigenvalue weighted by atomic mass is 9.65. The van der Waals surface area contributed by atoms with Crippen LogP contribution in [0.15, 0.2) is 0 Å². The molecule has 6 heteroatoms. The van der Waals surface area contributed by atoms with Gasteiger partial charge < -0.3 is 10.1 Å². The highest BCUT2D eigenvalue weighted by atomic mass is 32.1. The van der Waals surface area contributed by atoms with Crippen LogP contribution in [0.3, 0.4) is 0 Å². The van der Waals surface area contributed by atoms with E-state index in [1.807, 2.05) is 6.92 Å². The first kappa shape index (κ1) is 20.9. The summed E-state index contributed by atoms with van der Waals surface area (Å²) in [6.45, 7) is 10.6. The molecule has 1 aliphatic heterocycles. The summed E-state index contributed by atoms with van der Waals surface area (Å²) in [4.78, 5) is 29.2. The molecule has 0 aromatic carbocycles. The van der Waals surface area contributed by atoms with Crippen molar-refractivity contribution in [2.24, 2.45) is 10.8 Å². The first-order chi connectivity index (χ1) is 13.7. The first-order valence-electron chi connectivity index (χ1n) is 11.1. The fourth-order valence-electron chi connectivity index (χ4n) is 6.19. The average Bonchev–Trinajstić information content (AvgIpc) is 3.07. The third-order valence-electron chi connectivity index (χ3n) is 6.77. The standard InChI is InChI=1S/C23H34N2O3S/c1-5-28-21(27)19-16-8-6-7-9-17(16)29-20(19)24-18(26)12-25-14-23(4)11-15(25)10-22(2,3)13-23/h15H,5-14H2,1-4H3,(H,24,26)/t15-,23-/m0/s1. The number of aryl methyl sites for hydroxylation is 1. The number of amides is 1. The van der Waals surface area contributed by atoms with Crippen molar-refractivity contribution in [1.29, 1.82) is 0 Å². The van der Waals surface area contributed by atoms with Crippen LogP contribution in [0.2, 0.25) is 0 Å². The lowest BCUT2D eigenvalue weighted by Gasteiger charge is -2.39. The zero-order valence-electron chi connectivity index (χ0n) is 18.2. The van der Waals surface area contributed by atoms with Gasteiger partial charge in [-0.2, -0.15) is 0 Å². The monoisotopic (exact) mass is 418 g/mol. The highest BCUT2D eigenvalue weighted by molar-refractivity contribution is 7.17. The summed E-state index contributed by atoms with van der Waals surface area (Å²) in [5.41, 5.74) is 2.35. The van der Waals surface area contributed by atoms with Crippen LogP contribution in [-0.2, 0) is 22.4 Å². The van der Waals surface area contributed by atoms with Gasteiger partial charge in [0.2, 0.25) is 5.91 Å². The lowest BCUT2D eigenvalue weighted by Crippen LogP contribution is -2.38. The Bertz CT molecular complexity index is 815. The van der Waals surface area contributed by atoms with Gasteiger partial charge in [0, 0.05) is 17.5 Å². The summed E-state index contributed by atoms with van der Waals surface area (Å²) in [6.07, 6.45) is 7.68. The molecule has 2 fully saturated rings. The second-order valence-corrected chi connectivity index (χ2v) is 11.4. The van der Waals surface area contributed by atoms with Crippen LogP contribution in [-0.4, -0.2) is 42.5 Å². The number of likely N-dealkylation sites (tertiary alicyclic amines) is 1. The summed E-state index contributed by atoms with van der Waals surface area (Å²) < 4.78 is 5.31. The van der Waals surface area contributed by atoms with E-state index in [0.717, 1.165) is 44.2 Å². The number of hydrogen-bond acceptors (Lipinski definition) is 5. The summed E-state index contributed by atoms with van der Waals surface area (Å²) in [6, 6.07) is 0.482. The molecular weight excluding hydrogens is 384 g/mol. The topological polar surface area (TPSA) is 58.6 Å². The average molecular weight is 419 g/mol. The molecule has 2 aliphatic carbocycles. The van der Waals surface area contributed by atoms with Crippen molar-refractivity contribution in [3.63, 3.8) is 0 Å². The predicted octanol–water partition coefficient (Wildman–Crippen LogP) is 4.64. The number of esters is 1. The number of ether oxygens (including phenoxy) is 1. The summed E-state index contributed by atoms with van der Waals surface area (Å²) >= 11 is 1.57. The van der Waals surface area contributed by atoms with E-state index in [2.05, 4.69) is 31.0 Å². The molecule has 0 spiro atoms. The molecule has 2 atom stereocenters. The largest absolute Gasteiger partial charge is 0.462 e. The molecule has 1 amide bonds. The minimum atomic E-state index is -0.298.